The fraction of sp³-hybridized carbons (Fsp3) is 0.105. The molecule has 0 aliphatic carbocycles. The van der Waals surface area contributed by atoms with E-state index >= 15 is 0 Å². The van der Waals surface area contributed by atoms with Crippen molar-refractivity contribution < 1.29 is 13.6 Å². The van der Waals surface area contributed by atoms with Crippen molar-refractivity contribution in [3.8, 4) is 11.4 Å². The lowest BCUT2D eigenvalue weighted by atomic mass is 10.0. The highest BCUT2D eigenvalue weighted by atomic mass is 19.1. The largest absolute Gasteiger partial charge is 0.333 e. The molecule has 0 spiro atoms. The molecule has 0 aliphatic rings. The summed E-state index contributed by atoms with van der Waals surface area (Å²) in [5, 5.41) is 10.9. The normalized spacial score (nSPS) is 12.1. The van der Waals surface area contributed by atoms with E-state index in [-0.39, 0.29) is 5.56 Å². The van der Waals surface area contributed by atoms with Gasteiger partial charge in [0.05, 0.1) is 23.0 Å². The summed E-state index contributed by atoms with van der Waals surface area (Å²) in [5.41, 5.74) is 0.535. The van der Waals surface area contributed by atoms with Crippen LogP contribution in [-0.4, -0.2) is 35.1 Å². The number of carbonyl (C=O) groups excluding carboxylic acids is 1. The molecule has 4 aromatic rings. The van der Waals surface area contributed by atoms with E-state index in [0.29, 0.717) is 17.4 Å². The number of hydrogen-bond acceptors (Lipinski definition) is 5. The highest BCUT2D eigenvalue weighted by Gasteiger charge is 2.23. The van der Waals surface area contributed by atoms with Gasteiger partial charge < -0.3 is 0 Å². The molecule has 2 aromatic carbocycles. The van der Waals surface area contributed by atoms with Crippen molar-refractivity contribution >= 4 is 5.78 Å². The third-order valence-electron chi connectivity index (χ3n) is 4.54. The van der Waals surface area contributed by atoms with Crippen LogP contribution in [0.25, 0.3) is 11.4 Å². The molecule has 8 nitrogen and oxygen atoms in total. The van der Waals surface area contributed by atoms with Gasteiger partial charge in [0.1, 0.15) is 18.0 Å². The zero-order chi connectivity index (χ0) is 20.5. The molecular formula is C19H14F2N6O2. The van der Waals surface area contributed by atoms with Crippen LogP contribution in [0.5, 0.6) is 0 Å². The zero-order valence-corrected chi connectivity index (χ0v) is 15.1. The first-order valence-corrected chi connectivity index (χ1v) is 8.58. The summed E-state index contributed by atoms with van der Waals surface area (Å²) in [6.45, 7) is 1.48. The molecule has 10 heteroatoms. The standard InChI is InChI=1S/C19H14F2N6O2/c1-12(18(28)16-7-2-13(20)10-17(16)21)25-8-9-26(19(25)29)14-3-5-15(6-4-14)27-11-22-23-24-27/h2-12H,1H3/t12-/m1/s1. The summed E-state index contributed by atoms with van der Waals surface area (Å²) in [6.07, 6.45) is 4.40. The second-order valence-electron chi connectivity index (χ2n) is 6.29. The Morgan fingerprint density at radius 3 is 2.41 bits per heavy atom. The highest BCUT2D eigenvalue weighted by molar-refractivity contribution is 5.99. The van der Waals surface area contributed by atoms with Crippen molar-refractivity contribution in [2.75, 3.05) is 0 Å². The van der Waals surface area contributed by atoms with Gasteiger partial charge in [0.2, 0.25) is 0 Å². The van der Waals surface area contributed by atoms with Crippen LogP contribution >= 0.6 is 0 Å². The predicted octanol–water partition coefficient (Wildman–Crippen LogP) is 2.34. The van der Waals surface area contributed by atoms with Gasteiger partial charge in [0, 0.05) is 18.5 Å². The first-order valence-electron chi connectivity index (χ1n) is 8.58. The number of rotatable bonds is 5. The summed E-state index contributed by atoms with van der Waals surface area (Å²) in [5.74, 6) is -2.37. The van der Waals surface area contributed by atoms with Crippen LogP contribution in [0.4, 0.5) is 8.78 Å². The van der Waals surface area contributed by atoms with Crippen LogP contribution in [-0.2, 0) is 0 Å². The lowest BCUT2D eigenvalue weighted by Crippen LogP contribution is -2.29. The van der Waals surface area contributed by atoms with Crippen LogP contribution < -0.4 is 5.69 Å². The minimum absolute atomic E-state index is 0.274. The number of halogens is 2. The summed E-state index contributed by atoms with van der Waals surface area (Å²) >= 11 is 0. The molecule has 0 radical (unpaired) electrons. The van der Waals surface area contributed by atoms with E-state index in [2.05, 4.69) is 15.5 Å². The number of Topliss-reactive ketones (excluding diaryl/α,β-unsaturated/α-hetero) is 1. The number of benzene rings is 2. The Kier molecular flexibility index (Phi) is 4.59. The lowest BCUT2D eigenvalue weighted by Gasteiger charge is -2.12. The average molecular weight is 396 g/mol. The number of ketones is 1. The Morgan fingerprint density at radius 1 is 1.03 bits per heavy atom. The number of hydrogen-bond donors (Lipinski definition) is 0. The van der Waals surface area contributed by atoms with Gasteiger partial charge in [-0.05, 0) is 53.7 Å². The number of nitrogens with zero attached hydrogens (tertiary/aromatic N) is 6. The molecule has 0 saturated carbocycles. The third-order valence-corrected chi connectivity index (χ3v) is 4.54. The van der Waals surface area contributed by atoms with Gasteiger partial charge in [-0.25, -0.2) is 18.3 Å². The fourth-order valence-corrected chi connectivity index (χ4v) is 2.97. The number of imidazole rings is 1. The van der Waals surface area contributed by atoms with Gasteiger partial charge >= 0.3 is 5.69 Å². The predicted molar refractivity (Wildman–Crippen MR) is 98.1 cm³/mol. The first kappa shape index (κ1) is 18.4. The van der Waals surface area contributed by atoms with E-state index in [0.717, 1.165) is 12.1 Å². The molecule has 0 amide bonds. The SMILES string of the molecule is C[C@H](C(=O)c1ccc(F)cc1F)n1ccn(-c2ccc(-n3cnnn3)cc2)c1=O. The minimum Gasteiger partial charge on any atom is -0.292 e. The first-order chi connectivity index (χ1) is 14.0. The molecule has 29 heavy (non-hydrogen) atoms. The van der Waals surface area contributed by atoms with E-state index in [1.165, 1.54) is 39.5 Å². The van der Waals surface area contributed by atoms with Crippen molar-refractivity contribution in [1.29, 1.82) is 0 Å². The Morgan fingerprint density at radius 2 is 1.76 bits per heavy atom. The molecule has 0 aliphatic heterocycles. The number of aromatic nitrogens is 6. The number of carbonyl (C=O) groups is 1. The Labute approximate surface area is 162 Å². The van der Waals surface area contributed by atoms with Crippen LogP contribution in [0, 0.1) is 11.6 Å². The van der Waals surface area contributed by atoms with Crippen LogP contribution in [0.2, 0.25) is 0 Å². The minimum atomic E-state index is -0.968. The maximum absolute atomic E-state index is 13.9. The molecule has 0 N–H and O–H groups in total. The maximum Gasteiger partial charge on any atom is 0.333 e. The quantitative estimate of drug-likeness (QED) is 0.483. The summed E-state index contributed by atoms with van der Waals surface area (Å²) in [6, 6.07) is 8.62. The highest BCUT2D eigenvalue weighted by Crippen LogP contribution is 2.18. The molecule has 0 bridgehead atoms. The van der Waals surface area contributed by atoms with Crippen molar-refractivity contribution in [2.24, 2.45) is 0 Å². The van der Waals surface area contributed by atoms with Crippen molar-refractivity contribution in [3.05, 3.63) is 88.9 Å². The molecular weight excluding hydrogens is 382 g/mol. The molecule has 1 atom stereocenters. The van der Waals surface area contributed by atoms with E-state index in [4.69, 9.17) is 0 Å². The molecule has 2 aromatic heterocycles. The molecule has 0 unspecified atom stereocenters. The molecule has 0 saturated heterocycles. The Bertz CT molecular complexity index is 1230. The third kappa shape index (κ3) is 3.35. The van der Waals surface area contributed by atoms with Crippen molar-refractivity contribution in [1.82, 2.24) is 29.3 Å². The molecule has 2 heterocycles. The summed E-state index contributed by atoms with van der Waals surface area (Å²) in [7, 11) is 0. The van der Waals surface area contributed by atoms with E-state index in [1.807, 2.05) is 0 Å². The van der Waals surface area contributed by atoms with E-state index in [9.17, 15) is 18.4 Å². The average Bonchev–Trinajstić information content (AvgIpc) is 3.37. The molecule has 0 fully saturated rings. The smallest absolute Gasteiger partial charge is 0.292 e. The van der Waals surface area contributed by atoms with Crippen LogP contribution in [0.3, 0.4) is 0 Å². The monoisotopic (exact) mass is 396 g/mol. The summed E-state index contributed by atoms with van der Waals surface area (Å²) < 4.78 is 31.0. The van der Waals surface area contributed by atoms with Crippen LogP contribution in [0.1, 0.15) is 23.3 Å². The van der Waals surface area contributed by atoms with Gasteiger partial charge in [-0.3, -0.25) is 13.9 Å². The van der Waals surface area contributed by atoms with E-state index in [1.54, 1.807) is 24.3 Å². The Balaban J connectivity index is 1.63. The van der Waals surface area contributed by atoms with Crippen molar-refractivity contribution in [3.63, 3.8) is 0 Å². The summed E-state index contributed by atoms with van der Waals surface area (Å²) in [4.78, 5) is 25.4. The second-order valence-corrected chi connectivity index (χ2v) is 6.29. The van der Waals surface area contributed by atoms with Gasteiger partial charge in [-0.1, -0.05) is 0 Å². The molecule has 4 rings (SSSR count). The fourth-order valence-electron chi connectivity index (χ4n) is 2.97. The van der Waals surface area contributed by atoms with Gasteiger partial charge in [-0.2, -0.15) is 0 Å². The maximum atomic E-state index is 13.9. The lowest BCUT2D eigenvalue weighted by molar-refractivity contribution is 0.0928. The van der Waals surface area contributed by atoms with Gasteiger partial charge in [0.15, 0.2) is 5.78 Å². The second kappa shape index (κ2) is 7.23. The van der Waals surface area contributed by atoms with E-state index < -0.39 is 29.1 Å². The Hall–Kier alpha value is -3.95. The molecule has 146 valence electrons. The van der Waals surface area contributed by atoms with Gasteiger partial charge in [-0.15, -0.1) is 5.10 Å². The number of tetrazole rings is 1. The topological polar surface area (TPSA) is 87.6 Å². The van der Waals surface area contributed by atoms with Crippen LogP contribution in [0.15, 0.2) is 66.0 Å². The van der Waals surface area contributed by atoms with Gasteiger partial charge in [0.25, 0.3) is 0 Å². The van der Waals surface area contributed by atoms with Crippen molar-refractivity contribution in [2.45, 2.75) is 13.0 Å². The zero-order valence-electron chi connectivity index (χ0n) is 15.1.